The number of carbonyl (C=O) groups excluding carboxylic acids is 2. The van der Waals surface area contributed by atoms with Gasteiger partial charge < -0.3 is 9.47 Å². The molecule has 0 saturated heterocycles. The summed E-state index contributed by atoms with van der Waals surface area (Å²) in [6.45, 7) is 8.08. The molecular weight excluding hydrogens is 444 g/mol. The minimum Gasteiger partial charge on any atom is -0.422 e. The quantitative estimate of drug-likeness (QED) is 0.105. The maximum absolute atomic E-state index is 12.3. The maximum atomic E-state index is 12.3. The van der Waals surface area contributed by atoms with Gasteiger partial charge in [0.05, 0.1) is 4.47 Å². The molecule has 0 fully saturated rings. The average Bonchev–Trinajstić information content (AvgIpc) is 2.70. The number of halogens is 1. The largest absolute Gasteiger partial charge is 0.422 e. The molecule has 0 aliphatic carbocycles. The summed E-state index contributed by atoms with van der Waals surface area (Å²) in [5, 5.41) is 0. The van der Waals surface area contributed by atoms with Gasteiger partial charge >= 0.3 is 11.9 Å². The van der Waals surface area contributed by atoms with Gasteiger partial charge in [-0.05, 0) is 52.9 Å². The van der Waals surface area contributed by atoms with Crippen LogP contribution in [0.5, 0.6) is 11.5 Å². The average molecular weight is 481 g/mol. The Labute approximate surface area is 190 Å². The van der Waals surface area contributed by atoms with Crippen molar-refractivity contribution in [1.29, 1.82) is 0 Å². The molecule has 1 rings (SSSR count). The summed E-state index contributed by atoms with van der Waals surface area (Å²) in [6, 6.07) is 3.62. The molecule has 0 unspecified atom stereocenters. The van der Waals surface area contributed by atoms with Gasteiger partial charge in [0.25, 0.3) is 0 Å². The number of rotatable bonds is 16. The summed E-state index contributed by atoms with van der Waals surface area (Å²) < 4.78 is 11.8. The number of esters is 2. The minimum atomic E-state index is -0.305. The first kappa shape index (κ1) is 26.4. The lowest BCUT2D eigenvalue weighted by molar-refractivity contribution is -0.137. The van der Waals surface area contributed by atoms with Gasteiger partial charge in [-0.2, -0.15) is 0 Å². The van der Waals surface area contributed by atoms with Crippen molar-refractivity contribution >= 4 is 27.9 Å². The van der Waals surface area contributed by atoms with E-state index in [0.717, 1.165) is 44.1 Å². The highest BCUT2D eigenvalue weighted by Crippen LogP contribution is 2.38. The fourth-order valence-electron chi connectivity index (χ4n) is 3.17. The van der Waals surface area contributed by atoms with Gasteiger partial charge in [-0.1, -0.05) is 71.3 Å². The number of hydrogen-bond acceptors (Lipinski definition) is 4. The summed E-state index contributed by atoms with van der Waals surface area (Å²) in [6.07, 6.45) is 13.7. The van der Waals surface area contributed by atoms with E-state index in [1.54, 1.807) is 12.1 Å². The topological polar surface area (TPSA) is 52.6 Å². The zero-order chi connectivity index (χ0) is 22.2. The van der Waals surface area contributed by atoms with Gasteiger partial charge in [0, 0.05) is 12.8 Å². The molecule has 0 saturated carbocycles. The lowest BCUT2D eigenvalue weighted by atomic mass is 10.1. The lowest BCUT2D eigenvalue weighted by Gasteiger charge is -2.14. The highest BCUT2D eigenvalue weighted by atomic mass is 79.9. The molecule has 0 heterocycles. The van der Waals surface area contributed by atoms with Crippen molar-refractivity contribution in [3.8, 4) is 11.5 Å². The van der Waals surface area contributed by atoms with Crippen molar-refractivity contribution in [2.24, 2.45) is 0 Å². The lowest BCUT2D eigenvalue weighted by Crippen LogP contribution is -2.13. The Balaban J connectivity index is 2.75. The molecule has 1 aromatic rings. The van der Waals surface area contributed by atoms with Gasteiger partial charge in [-0.15, -0.1) is 6.58 Å². The molecule has 0 aliphatic rings. The second kappa shape index (κ2) is 16.1. The van der Waals surface area contributed by atoms with E-state index < -0.39 is 0 Å². The fourth-order valence-corrected chi connectivity index (χ4v) is 3.74. The summed E-state index contributed by atoms with van der Waals surface area (Å²) in [5.74, 6) is -0.0358. The number of unbranched alkanes of at least 4 members (excludes halogenated alkanes) is 8. The maximum Gasteiger partial charge on any atom is 0.311 e. The van der Waals surface area contributed by atoms with Crippen molar-refractivity contribution in [3.63, 3.8) is 0 Å². The molecule has 168 valence electrons. The van der Waals surface area contributed by atoms with E-state index in [0.29, 0.717) is 29.5 Å². The first-order valence-electron chi connectivity index (χ1n) is 11.4. The molecule has 30 heavy (non-hydrogen) atoms. The summed E-state index contributed by atoms with van der Waals surface area (Å²) in [5.41, 5.74) is 0.932. The molecule has 0 aromatic heterocycles. The van der Waals surface area contributed by atoms with Crippen LogP contribution in [0.15, 0.2) is 29.3 Å². The van der Waals surface area contributed by atoms with Gasteiger partial charge in [-0.3, -0.25) is 9.59 Å². The molecule has 0 spiro atoms. The zero-order valence-electron chi connectivity index (χ0n) is 18.6. The third-order valence-electron chi connectivity index (χ3n) is 4.86. The van der Waals surface area contributed by atoms with Crippen LogP contribution in [-0.2, 0) is 16.0 Å². The zero-order valence-corrected chi connectivity index (χ0v) is 20.2. The van der Waals surface area contributed by atoms with Crippen LogP contribution in [0.1, 0.15) is 96.5 Å². The van der Waals surface area contributed by atoms with E-state index >= 15 is 0 Å². The van der Waals surface area contributed by atoms with Crippen LogP contribution in [-0.4, -0.2) is 11.9 Å². The van der Waals surface area contributed by atoms with Crippen molar-refractivity contribution in [2.45, 2.75) is 97.3 Å². The molecule has 0 N–H and O–H groups in total. The van der Waals surface area contributed by atoms with Crippen molar-refractivity contribution in [2.75, 3.05) is 0 Å². The monoisotopic (exact) mass is 480 g/mol. The van der Waals surface area contributed by atoms with E-state index in [1.165, 1.54) is 25.7 Å². The summed E-state index contributed by atoms with van der Waals surface area (Å²) in [4.78, 5) is 24.7. The predicted molar refractivity (Wildman–Crippen MR) is 126 cm³/mol. The molecule has 0 aliphatic heterocycles. The van der Waals surface area contributed by atoms with E-state index in [4.69, 9.17) is 9.47 Å². The highest BCUT2D eigenvalue weighted by molar-refractivity contribution is 9.10. The molecule has 5 heteroatoms. The number of allylic oxidation sites excluding steroid dienone is 1. The second-order valence-corrected chi connectivity index (χ2v) is 8.53. The standard InChI is InChI=1S/C25H37BrO4/c1-4-7-9-11-13-16-23(27)29-22-19-20(15-6-3)18-21(26)25(22)30-24(28)17-14-12-10-8-5-2/h6,18-19H,3-5,7-17H2,1-2H3. The normalized spacial score (nSPS) is 10.6. The summed E-state index contributed by atoms with van der Waals surface area (Å²) in [7, 11) is 0. The Morgan fingerprint density at radius 2 is 1.40 bits per heavy atom. The number of hydrogen-bond donors (Lipinski definition) is 0. The molecule has 0 bridgehead atoms. The van der Waals surface area contributed by atoms with Gasteiger partial charge in [0.15, 0.2) is 11.5 Å². The molecule has 0 atom stereocenters. The van der Waals surface area contributed by atoms with Crippen LogP contribution in [0.4, 0.5) is 0 Å². The van der Waals surface area contributed by atoms with Gasteiger partial charge in [-0.25, -0.2) is 0 Å². The molecule has 1 aromatic carbocycles. The Bertz CT molecular complexity index is 669. The van der Waals surface area contributed by atoms with Crippen LogP contribution >= 0.6 is 15.9 Å². The molecule has 4 nitrogen and oxygen atoms in total. The summed E-state index contributed by atoms with van der Waals surface area (Å²) >= 11 is 3.47. The molecule has 0 radical (unpaired) electrons. The molecule has 0 amide bonds. The van der Waals surface area contributed by atoms with Crippen molar-refractivity contribution < 1.29 is 19.1 Å². The van der Waals surface area contributed by atoms with Crippen LogP contribution in [0.25, 0.3) is 0 Å². The predicted octanol–water partition coefficient (Wildman–Crippen LogP) is 7.71. The van der Waals surface area contributed by atoms with Crippen LogP contribution < -0.4 is 9.47 Å². The van der Waals surface area contributed by atoms with E-state index in [9.17, 15) is 9.59 Å². The van der Waals surface area contributed by atoms with Crippen molar-refractivity contribution in [1.82, 2.24) is 0 Å². The highest BCUT2D eigenvalue weighted by Gasteiger charge is 2.18. The fraction of sp³-hybridized carbons (Fsp3) is 0.600. The van der Waals surface area contributed by atoms with E-state index in [1.807, 2.05) is 6.07 Å². The van der Waals surface area contributed by atoms with Crippen molar-refractivity contribution in [3.05, 3.63) is 34.8 Å². The first-order valence-corrected chi connectivity index (χ1v) is 12.2. The van der Waals surface area contributed by atoms with Crippen LogP contribution in [0.2, 0.25) is 0 Å². The van der Waals surface area contributed by atoms with Gasteiger partial charge in [0.2, 0.25) is 0 Å². The third-order valence-corrected chi connectivity index (χ3v) is 5.45. The van der Waals surface area contributed by atoms with Crippen LogP contribution in [0, 0.1) is 0 Å². The Morgan fingerprint density at radius 3 is 1.93 bits per heavy atom. The Morgan fingerprint density at radius 1 is 0.867 bits per heavy atom. The molecular formula is C25H37BrO4. The van der Waals surface area contributed by atoms with Crippen LogP contribution in [0.3, 0.4) is 0 Å². The SMILES string of the molecule is C=CCc1cc(Br)c(OC(=O)CCCCCCC)c(OC(=O)CCCCCCC)c1. The number of benzene rings is 1. The van der Waals surface area contributed by atoms with E-state index in [2.05, 4.69) is 36.4 Å². The second-order valence-electron chi connectivity index (χ2n) is 7.67. The Hall–Kier alpha value is -1.62. The third kappa shape index (κ3) is 11.0. The van der Waals surface area contributed by atoms with Gasteiger partial charge in [0.1, 0.15) is 0 Å². The Kier molecular flexibility index (Phi) is 14.2. The first-order chi connectivity index (χ1) is 14.5. The number of carbonyl (C=O) groups is 2. The van der Waals surface area contributed by atoms with E-state index in [-0.39, 0.29) is 17.7 Å². The smallest absolute Gasteiger partial charge is 0.311 e. The number of ether oxygens (including phenoxy) is 2. The minimum absolute atomic E-state index is 0.278.